The van der Waals surface area contributed by atoms with Crippen LogP contribution < -0.4 is 11.5 Å². The molecule has 0 unspecified atom stereocenters. The van der Waals surface area contributed by atoms with Crippen molar-refractivity contribution in [2.45, 2.75) is 26.7 Å². The number of rotatable bonds is 0. The molecule has 0 amide bonds. The maximum absolute atomic E-state index is 3.11. The molecule has 0 aliphatic carbocycles. The summed E-state index contributed by atoms with van der Waals surface area (Å²) >= 11 is 0. The average molecular weight is 118 g/mol. The smallest absolute Gasteiger partial charge is 0.00368 e. The highest BCUT2D eigenvalue weighted by atomic mass is 14.9. The molecule has 0 aromatic heterocycles. The minimum absolute atomic E-state index is 0. The molecule has 2 heteroatoms. The Kier molecular flexibility index (Phi) is 13.6. The van der Waals surface area contributed by atoms with E-state index in [1.807, 2.05) is 0 Å². The van der Waals surface area contributed by atoms with Crippen LogP contribution in [0.5, 0.6) is 0 Å². The first kappa shape index (κ1) is 10.8. The van der Waals surface area contributed by atoms with E-state index in [0.29, 0.717) is 0 Å². The van der Waals surface area contributed by atoms with Crippen LogP contribution in [0.2, 0.25) is 0 Å². The van der Waals surface area contributed by atoms with Gasteiger partial charge in [0.1, 0.15) is 0 Å². The Bertz CT molecular complexity index is 21.7. The molecule has 0 saturated carbocycles. The topological polar surface area (TPSA) is 47.0 Å². The zero-order valence-corrected chi connectivity index (χ0v) is 6.04. The van der Waals surface area contributed by atoms with E-state index in [2.05, 4.69) is 19.2 Å². The molecule has 1 aliphatic heterocycles. The first-order valence-electron chi connectivity index (χ1n) is 3.12. The average Bonchev–Trinajstić information content (AvgIpc) is 1.27. The van der Waals surface area contributed by atoms with E-state index in [4.69, 9.17) is 0 Å². The van der Waals surface area contributed by atoms with Gasteiger partial charge in [-0.05, 0) is 19.5 Å². The lowest BCUT2D eigenvalue weighted by Crippen LogP contribution is -2.29. The molecule has 0 atom stereocenters. The van der Waals surface area contributed by atoms with E-state index in [9.17, 15) is 0 Å². The van der Waals surface area contributed by atoms with Gasteiger partial charge in [-0.3, -0.25) is 0 Å². The van der Waals surface area contributed by atoms with E-state index in [0.717, 1.165) is 0 Å². The molecule has 0 radical (unpaired) electrons. The third-order valence-electron chi connectivity index (χ3n) is 0.707. The summed E-state index contributed by atoms with van der Waals surface area (Å²) in [4.78, 5) is 0. The van der Waals surface area contributed by atoms with Gasteiger partial charge in [0, 0.05) is 0 Å². The molecule has 8 heavy (non-hydrogen) atoms. The van der Waals surface area contributed by atoms with Crippen molar-refractivity contribution < 1.29 is 0 Å². The molecule has 0 aromatic rings. The normalized spacial score (nSPS) is 14.2. The van der Waals surface area contributed by atoms with E-state index in [-0.39, 0.29) is 6.15 Å². The zero-order valence-electron chi connectivity index (χ0n) is 6.04. The first-order valence-corrected chi connectivity index (χ1v) is 3.12. The van der Waals surface area contributed by atoms with Gasteiger partial charge < -0.3 is 11.5 Å². The lowest BCUT2D eigenvalue weighted by atomic mass is 10.3. The van der Waals surface area contributed by atoms with Crippen LogP contribution in [-0.4, -0.2) is 13.1 Å². The Hall–Kier alpha value is -0.0800. The predicted octanol–water partition coefficient (Wildman–Crippen LogP) is 1.56. The Morgan fingerprint density at radius 3 is 1.38 bits per heavy atom. The van der Waals surface area contributed by atoms with Gasteiger partial charge in [0.2, 0.25) is 0 Å². The number of hydrogen-bond acceptors (Lipinski definition) is 2. The van der Waals surface area contributed by atoms with E-state index >= 15 is 0 Å². The fourth-order valence-electron chi connectivity index (χ4n) is 0.177. The van der Waals surface area contributed by atoms with Crippen LogP contribution >= 0.6 is 0 Å². The highest BCUT2D eigenvalue weighted by Crippen LogP contribution is 1.80. The van der Waals surface area contributed by atoms with Crippen LogP contribution in [0.4, 0.5) is 0 Å². The van der Waals surface area contributed by atoms with Gasteiger partial charge in [0.25, 0.3) is 0 Å². The molecule has 2 nitrogen and oxygen atoms in total. The molecule has 1 saturated heterocycles. The lowest BCUT2D eigenvalue weighted by molar-refractivity contribution is 0.527. The minimum Gasteiger partial charge on any atom is -0.344 e. The van der Waals surface area contributed by atoms with Crippen LogP contribution in [0, 0.1) is 0 Å². The van der Waals surface area contributed by atoms with Crippen molar-refractivity contribution >= 4 is 0 Å². The van der Waals surface area contributed by atoms with Crippen molar-refractivity contribution in [1.29, 1.82) is 0 Å². The lowest BCUT2D eigenvalue weighted by Gasteiger charge is -2.09. The first-order chi connectivity index (χ1) is 3.41. The van der Waals surface area contributed by atoms with Crippen molar-refractivity contribution in [3.8, 4) is 0 Å². The molecule has 1 heterocycles. The predicted molar refractivity (Wildman–Crippen MR) is 38.5 cm³/mol. The molecule has 4 N–H and O–H groups in total. The van der Waals surface area contributed by atoms with E-state index in [1.54, 1.807) is 0 Å². The Morgan fingerprint density at radius 1 is 1.25 bits per heavy atom. The van der Waals surface area contributed by atoms with Crippen molar-refractivity contribution in [2.24, 2.45) is 0 Å². The van der Waals surface area contributed by atoms with Gasteiger partial charge in [0.05, 0.1) is 0 Å². The molecule has 0 bridgehead atoms. The van der Waals surface area contributed by atoms with Gasteiger partial charge >= 0.3 is 0 Å². The summed E-state index contributed by atoms with van der Waals surface area (Å²) in [5.41, 5.74) is 0. The molecule has 0 spiro atoms. The van der Waals surface area contributed by atoms with E-state index in [1.165, 1.54) is 25.9 Å². The minimum atomic E-state index is 0. The second-order valence-corrected chi connectivity index (χ2v) is 1.81. The molecule has 0 aromatic carbocycles. The van der Waals surface area contributed by atoms with Gasteiger partial charge in [-0.15, -0.1) is 0 Å². The Balaban J connectivity index is 0. The van der Waals surface area contributed by atoms with Crippen molar-refractivity contribution in [3.05, 3.63) is 0 Å². The van der Waals surface area contributed by atoms with Crippen LogP contribution in [0.15, 0.2) is 0 Å². The monoisotopic (exact) mass is 118 g/mol. The fraction of sp³-hybridized carbons (Fsp3) is 1.00. The number of hydrogen-bond donors (Lipinski definition) is 2. The van der Waals surface area contributed by atoms with Crippen molar-refractivity contribution in [3.63, 3.8) is 0 Å². The maximum Gasteiger partial charge on any atom is -0.00368 e. The standard InChI is InChI=1S/C3H7N.C3H8.H3N/c1-2-4-3-1;1-3-2;/h4H,1-3H2;3H2,1-2H3;1H3. The molecule has 52 valence electrons. The largest absolute Gasteiger partial charge is 0.344 e. The van der Waals surface area contributed by atoms with Crippen molar-refractivity contribution in [1.82, 2.24) is 11.5 Å². The molecule has 1 fully saturated rings. The van der Waals surface area contributed by atoms with Gasteiger partial charge in [-0.1, -0.05) is 20.3 Å². The summed E-state index contributed by atoms with van der Waals surface area (Å²) in [7, 11) is 0. The Morgan fingerprint density at radius 2 is 1.38 bits per heavy atom. The summed E-state index contributed by atoms with van der Waals surface area (Å²) in [5.74, 6) is 0. The second-order valence-electron chi connectivity index (χ2n) is 1.81. The quantitative estimate of drug-likeness (QED) is 0.507. The maximum atomic E-state index is 3.11. The highest BCUT2D eigenvalue weighted by molar-refractivity contribution is 4.56. The molecular weight excluding hydrogens is 100 g/mol. The molecule has 1 rings (SSSR count). The van der Waals surface area contributed by atoms with E-state index < -0.39 is 0 Å². The molecular formula is C6H18N2. The van der Waals surface area contributed by atoms with Crippen LogP contribution in [-0.2, 0) is 0 Å². The summed E-state index contributed by atoms with van der Waals surface area (Å²) in [5, 5.41) is 3.11. The van der Waals surface area contributed by atoms with Crippen molar-refractivity contribution in [2.75, 3.05) is 13.1 Å². The SMILES string of the molecule is C1CNC1.CCC.N. The molecule has 1 aliphatic rings. The summed E-state index contributed by atoms with van der Waals surface area (Å²) in [6, 6.07) is 0. The van der Waals surface area contributed by atoms with Crippen LogP contribution in [0.3, 0.4) is 0 Å². The van der Waals surface area contributed by atoms with Gasteiger partial charge in [0.15, 0.2) is 0 Å². The second kappa shape index (κ2) is 10.0. The summed E-state index contributed by atoms with van der Waals surface area (Å²) < 4.78 is 0. The van der Waals surface area contributed by atoms with Gasteiger partial charge in [-0.2, -0.15) is 0 Å². The highest BCUT2D eigenvalue weighted by Gasteiger charge is 1.92. The third-order valence-corrected chi connectivity index (χ3v) is 0.707. The summed E-state index contributed by atoms with van der Waals surface area (Å²) in [6.07, 6.45) is 2.64. The van der Waals surface area contributed by atoms with Crippen LogP contribution in [0.25, 0.3) is 0 Å². The summed E-state index contributed by atoms with van der Waals surface area (Å²) in [6.45, 7) is 6.75. The third kappa shape index (κ3) is 9.33. The van der Waals surface area contributed by atoms with Gasteiger partial charge in [-0.25, -0.2) is 0 Å². The van der Waals surface area contributed by atoms with Crippen LogP contribution in [0.1, 0.15) is 26.7 Å². The Labute approximate surface area is 52.2 Å². The number of nitrogens with one attached hydrogen (secondary N) is 1. The fourth-order valence-corrected chi connectivity index (χ4v) is 0.177. The zero-order chi connectivity index (χ0) is 5.54.